The molecule has 1 rings (SSSR count). The van der Waals surface area contributed by atoms with Gasteiger partial charge in [-0.15, -0.1) is 0 Å². The monoisotopic (exact) mass is 321 g/mol. The van der Waals surface area contributed by atoms with Crippen LogP contribution >= 0.6 is 27.5 Å². The number of amides is 1. The number of hydrogen-bond acceptors (Lipinski definition) is 1. The Bertz CT molecular complexity index is 411. The van der Waals surface area contributed by atoms with Crippen LogP contribution in [-0.4, -0.2) is 17.3 Å². The highest BCUT2D eigenvalue weighted by atomic mass is 79.9. The molecule has 0 aliphatic rings. The average molecular weight is 323 g/mol. The number of alkyl halides is 1. The fourth-order valence-corrected chi connectivity index (χ4v) is 1.57. The molecule has 0 bridgehead atoms. The zero-order valence-electron chi connectivity index (χ0n) is 9.64. The number of nitrogens with one attached hydrogen (secondary N) is 1. The minimum Gasteiger partial charge on any atom is -0.351 e. The Hall–Kier alpha value is -0.610. The van der Waals surface area contributed by atoms with Gasteiger partial charge in [-0.3, -0.25) is 4.79 Å². The van der Waals surface area contributed by atoms with E-state index in [9.17, 15) is 9.18 Å². The lowest BCUT2D eigenvalue weighted by Gasteiger charge is -2.14. The van der Waals surface area contributed by atoms with Gasteiger partial charge >= 0.3 is 0 Å². The summed E-state index contributed by atoms with van der Waals surface area (Å²) in [7, 11) is 0. The maximum atomic E-state index is 13.1. The number of hydrogen-bond donors (Lipinski definition) is 1. The summed E-state index contributed by atoms with van der Waals surface area (Å²) in [5, 5.41) is 2.57. The van der Waals surface area contributed by atoms with E-state index in [4.69, 9.17) is 11.6 Å². The number of benzene rings is 1. The van der Waals surface area contributed by atoms with E-state index in [0.717, 1.165) is 0 Å². The number of carbonyl (C=O) groups is 1. The number of carbonyl (C=O) groups excluding carboxylic acids is 1. The lowest BCUT2D eigenvalue weighted by molar-refractivity contribution is 0.0952. The van der Waals surface area contributed by atoms with Crippen LogP contribution in [0.4, 0.5) is 4.39 Å². The van der Waals surface area contributed by atoms with E-state index in [2.05, 4.69) is 21.2 Å². The molecule has 0 fully saturated rings. The first kappa shape index (κ1) is 14.5. The van der Waals surface area contributed by atoms with Crippen LogP contribution in [0.1, 0.15) is 24.2 Å². The summed E-state index contributed by atoms with van der Waals surface area (Å²) in [6.45, 7) is 4.56. The molecule has 0 saturated heterocycles. The topological polar surface area (TPSA) is 29.1 Å². The maximum absolute atomic E-state index is 13.1. The van der Waals surface area contributed by atoms with Gasteiger partial charge in [0.1, 0.15) is 5.82 Å². The Kier molecular flexibility index (Phi) is 5.40. The van der Waals surface area contributed by atoms with Gasteiger partial charge in [0.05, 0.1) is 10.6 Å². The fourth-order valence-electron chi connectivity index (χ4n) is 1.20. The Balaban J connectivity index is 2.68. The van der Waals surface area contributed by atoms with Gasteiger partial charge in [0.25, 0.3) is 5.91 Å². The lowest BCUT2D eigenvalue weighted by Crippen LogP contribution is -2.31. The first-order valence-electron chi connectivity index (χ1n) is 5.29. The van der Waals surface area contributed by atoms with Crippen LogP contribution in [0.15, 0.2) is 18.2 Å². The molecule has 0 aliphatic carbocycles. The van der Waals surface area contributed by atoms with Gasteiger partial charge in [-0.2, -0.15) is 0 Å². The molecule has 1 N–H and O–H groups in total. The van der Waals surface area contributed by atoms with Crippen LogP contribution in [0.2, 0.25) is 5.02 Å². The molecular formula is C12H14BrClFNO. The van der Waals surface area contributed by atoms with Gasteiger partial charge in [-0.25, -0.2) is 4.39 Å². The highest BCUT2D eigenvalue weighted by Crippen LogP contribution is 2.19. The lowest BCUT2D eigenvalue weighted by atomic mass is 10.1. The summed E-state index contributed by atoms with van der Waals surface area (Å²) in [6, 6.07) is 4.18. The second kappa shape index (κ2) is 6.36. The van der Waals surface area contributed by atoms with Crippen molar-refractivity contribution in [3.8, 4) is 0 Å². The maximum Gasteiger partial charge on any atom is 0.252 e. The summed E-state index contributed by atoms with van der Waals surface area (Å²) < 4.78 is 13.1. The average Bonchev–Trinajstić information content (AvgIpc) is 2.29. The third-order valence-corrected chi connectivity index (χ3v) is 4.14. The molecule has 0 radical (unpaired) electrons. The molecule has 5 heteroatoms. The summed E-state index contributed by atoms with van der Waals surface area (Å²) in [4.78, 5) is 11.9. The van der Waals surface area contributed by atoms with Gasteiger partial charge in [0.15, 0.2) is 0 Å². The van der Waals surface area contributed by atoms with Crippen molar-refractivity contribution in [3.05, 3.63) is 34.6 Å². The highest BCUT2D eigenvalue weighted by Gasteiger charge is 2.15. The van der Waals surface area contributed by atoms with Gasteiger partial charge in [0, 0.05) is 11.4 Å². The predicted octanol–water partition coefficient (Wildman–Crippen LogP) is 3.63. The van der Waals surface area contributed by atoms with E-state index in [1.807, 2.05) is 13.8 Å². The Morgan fingerprint density at radius 2 is 2.18 bits per heavy atom. The molecule has 1 amide bonds. The first-order chi connectivity index (χ1) is 7.93. The highest BCUT2D eigenvalue weighted by molar-refractivity contribution is 9.09. The quantitative estimate of drug-likeness (QED) is 0.843. The molecule has 1 unspecified atom stereocenters. The Morgan fingerprint density at radius 3 is 2.76 bits per heavy atom. The van der Waals surface area contributed by atoms with Crippen molar-refractivity contribution < 1.29 is 9.18 Å². The third-order valence-electron chi connectivity index (χ3n) is 2.38. The molecule has 0 heterocycles. The van der Waals surface area contributed by atoms with Crippen molar-refractivity contribution in [3.63, 3.8) is 0 Å². The van der Waals surface area contributed by atoms with Crippen molar-refractivity contribution >= 4 is 33.4 Å². The van der Waals surface area contributed by atoms with Crippen LogP contribution in [-0.2, 0) is 0 Å². The minimum atomic E-state index is -0.585. The molecule has 0 aliphatic heterocycles. The SMILES string of the molecule is CC(C)C(Br)CNC(=O)c1cccc(F)c1Cl. The zero-order valence-corrected chi connectivity index (χ0v) is 12.0. The second-order valence-corrected chi connectivity index (χ2v) is 5.63. The fraction of sp³-hybridized carbons (Fsp3) is 0.417. The molecular weight excluding hydrogens is 308 g/mol. The van der Waals surface area contributed by atoms with Gasteiger partial charge in [-0.05, 0) is 18.1 Å². The summed E-state index contributed by atoms with van der Waals surface area (Å²) in [6.07, 6.45) is 0. The van der Waals surface area contributed by atoms with Crippen LogP contribution in [0, 0.1) is 11.7 Å². The predicted molar refractivity (Wildman–Crippen MR) is 71.3 cm³/mol. The molecule has 1 aromatic rings. The normalized spacial score (nSPS) is 12.6. The van der Waals surface area contributed by atoms with Gasteiger partial charge in [-0.1, -0.05) is 47.4 Å². The molecule has 2 nitrogen and oxygen atoms in total. The molecule has 94 valence electrons. The molecule has 17 heavy (non-hydrogen) atoms. The summed E-state index contributed by atoms with van der Waals surface area (Å²) >= 11 is 9.17. The number of rotatable bonds is 4. The molecule has 0 aromatic heterocycles. The Morgan fingerprint density at radius 1 is 1.53 bits per heavy atom. The van der Waals surface area contributed by atoms with E-state index < -0.39 is 5.82 Å². The van der Waals surface area contributed by atoms with E-state index in [-0.39, 0.29) is 21.3 Å². The first-order valence-corrected chi connectivity index (χ1v) is 6.59. The summed E-state index contributed by atoms with van der Waals surface area (Å²) in [5.74, 6) is -0.545. The molecule has 0 spiro atoms. The van der Waals surface area contributed by atoms with Crippen LogP contribution < -0.4 is 5.32 Å². The molecule has 1 aromatic carbocycles. The van der Waals surface area contributed by atoms with Crippen molar-refractivity contribution in [2.75, 3.05) is 6.54 Å². The van der Waals surface area contributed by atoms with E-state index in [0.29, 0.717) is 12.5 Å². The third kappa shape index (κ3) is 3.96. The van der Waals surface area contributed by atoms with E-state index in [1.54, 1.807) is 0 Å². The summed E-state index contributed by atoms with van der Waals surface area (Å²) in [5.41, 5.74) is 0.162. The van der Waals surface area contributed by atoms with E-state index in [1.165, 1.54) is 18.2 Å². The number of halogens is 3. The largest absolute Gasteiger partial charge is 0.351 e. The van der Waals surface area contributed by atoms with Gasteiger partial charge < -0.3 is 5.32 Å². The van der Waals surface area contributed by atoms with Crippen molar-refractivity contribution in [1.82, 2.24) is 5.32 Å². The van der Waals surface area contributed by atoms with Crippen molar-refractivity contribution in [2.45, 2.75) is 18.7 Å². The van der Waals surface area contributed by atoms with Crippen LogP contribution in [0.5, 0.6) is 0 Å². The van der Waals surface area contributed by atoms with Crippen molar-refractivity contribution in [1.29, 1.82) is 0 Å². The Labute approximate surface area is 114 Å². The zero-order chi connectivity index (χ0) is 13.0. The van der Waals surface area contributed by atoms with Crippen molar-refractivity contribution in [2.24, 2.45) is 5.92 Å². The van der Waals surface area contributed by atoms with Gasteiger partial charge in [0.2, 0.25) is 0 Å². The van der Waals surface area contributed by atoms with Crippen LogP contribution in [0.25, 0.3) is 0 Å². The minimum absolute atomic E-state index is 0.138. The van der Waals surface area contributed by atoms with E-state index >= 15 is 0 Å². The molecule has 1 atom stereocenters. The standard InChI is InChI=1S/C12H14BrClFNO/c1-7(2)9(13)6-16-12(17)8-4-3-5-10(15)11(8)14/h3-5,7,9H,6H2,1-2H3,(H,16,17). The smallest absolute Gasteiger partial charge is 0.252 e. The van der Waals surface area contributed by atoms with Crippen LogP contribution in [0.3, 0.4) is 0 Å². The molecule has 0 saturated carbocycles. The second-order valence-electron chi connectivity index (χ2n) is 4.07.